The summed E-state index contributed by atoms with van der Waals surface area (Å²) in [6.07, 6.45) is 1.80. The number of nitro groups is 1. The maximum absolute atomic E-state index is 12.9. The number of benzene rings is 2. The maximum Gasteiger partial charge on any atom is 0.296 e. The number of anilines is 1. The van der Waals surface area contributed by atoms with Crippen LogP contribution in [0.5, 0.6) is 5.75 Å². The number of nitro benzene ring substituents is 1. The second-order valence-corrected chi connectivity index (χ2v) is 7.74. The Hall–Kier alpha value is -3.40. The Labute approximate surface area is 175 Å². The van der Waals surface area contributed by atoms with Gasteiger partial charge in [0.1, 0.15) is 11.4 Å². The van der Waals surface area contributed by atoms with Crippen molar-refractivity contribution < 1.29 is 14.5 Å². The highest BCUT2D eigenvalue weighted by Gasteiger charge is 2.29. The van der Waals surface area contributed by atoms with E-state index in [0.29, 0.717) is 21.8 Å². The molecule has 9 nitrogen and oxygen atoms in total. The summed E-state index contributed by atoms with van der Waals surface area (Å²) in [6, 6.07) is 11.4. The number of aromatic nitrogens is 2. The Balaban J connectivity index is 1.55. The number of ether oxygens (including phenoxy) is 1. The molecule has 1 amide bonds. The van der Waals surface area contributed by atoms with Gasteiger partial charge >= 0.3 is 0 Å². The normalized spacial score (nSPS) is 13.2. The lowest BCUT2D eigenvalue weighted by Gasteiger charge is -2.12. The van der Waals surface area contributed by atoms with Gasteiger partial charge in [-0.05, 0) is 37.1 Å². The van der Waals surface area contributed by atoms with Crippen molar-refractivity contribution in [3.8, 4) is 5.75 Å². The zero-order chi connectivity index (χ0) is 21.3. The first-order chi connectivity index (χ1) is 14.5. The Morgan fingerprint density at radius 1 is 1.33 bits per heavy atom. The van der Waals surface area contributed by atoms with Crippen molar-refractivity contribution in [3.63, 3.8) is 0 Å². The van der Waals surface area contributed by atoms with Gasteiger partial charge in [0.05, 0.1) is 34.8 Å². The van der Waals surface area contributed by atoms with Crippen molar-refractivity contribution in [2.45, 2.75) is 24.0 Å². The number of hydrogen-bond acceptors (Lipinski definition) is 7. The predicted octanol–water partition coefficient (Wildman–Crippen LogP) is 3.38. The number of rotatable bonds is 7. The smallest absolute Gasteiger partial charge is 0.296 e. The molecule has 1 fully saturated rings. The lowest BCUT2D eigenvalue weighted by Crippen LogP contribution is -2.23. The number of nitrogens with one attached hydrogen (secondary N) is 1. The van der Waals surface area contributed by atoms with E-state index in [1.54, 1.807) is 28.8 Å². The van der Waals surface area contributed by atoms with Gasteiger partial charge in [-0.15, -0.1) is 0 Å². The first-order valence-electron chi connectivity index (χ1n) is 9.24. The third-order valence-electron chi connectivity index (χ3n) is 4.70. The van der Waals surface area contributed by atoms with E-state index in [1.165, 1.54) is 25.3 Å². The van der Waals surface area contributed by atoms with E-state index >= 15 is 0 Å². The van der Waals surface area contributed by atoms with Crippen LogP contribution in [0.3, 0.4) is 0 Å². The molecule has 0 atom stereocenters. The SMILES string of the molecule is COc1ccc(NC(=O)CSc2nc3ccccc3c(=O)n2C2CC2)c([N+](=O)[O-])c1. The number of carbonyl (C=O) groups excluding carboxylic acids is 1. The predicted molar refractivity (Wildman–Crippen MR) is 113 cm³/mol. The topological polar surface area (TPSA) is 116 Å². The van der Waals surface area contributed by atoms with Gasteiger partial charge in [-0.1, -0.05) is 23.9 Å². The van der Waals surface area contributed by atoms with E-state index in [-0.39, 0.29) is 28.7 Å². The lowest BCUT2D eigenvalue weighted by molar-refractivity contribution is -0.384. The van der Waals surface area contributed by atoms with Gasteiger partial charge in [0.15, 0.2) is 5.16 Å². The van der Waals surface area contributed by atoms with E-state index in [0.717, 1.165) is 24.6 Å². The first-order valence-corrected chi connectivity index (χ1v) is 10.2. The number of hydrogen-bond donors (Lipinski definition) is 1. The van der Waals surface area contributed by atoms with E-state index in [9.17, 15) is 19.7 Å². The minimum Gasteiger partial charge on any atom is -0.496 e. The molecule has 30 heavy (non-hydrogen) atoms. The molecule has 1 heterocycles. The average Bonchev–Trinajstić information content (AvgIpc) is 3.57. The van der Waals surface area contributed by atoms with Crippen LogP contribution in [0.25, 0.3) is 10.9 Å². The summed E-state index contributed by atoms with van der Waals surface area (Å²) in [5, 5.41) is 14.9. The average molecular weight is 426 g/mol. The molecular formula is C20H18N4O5S. The fourth-order valence-corrected chi connectivity index (χ4v) is 3.96. The molecule has 0 bridgehead atoms. The lowest BCUT2D eigenvalue weighted by atomic mass is 10.2. The van der Waals surface area contributed by atoms with Crippen LogP contribution in [0.15, 0.2) is 52.4 Å². The van der Waals surface area contributed by atoms with Gasteiger partial charge < -0.3 is 10.1 Å². The quantitative estimate of drug-likeness (QED) is 0.266. The summed E-state index contributed by atoms with van der Waals surface area (Å²) in [4.78, 5) is 40.6. The fourth-order valence-electron chi connectivity index (χ4n) is 3.09. The summed E-state index contributed by atoms with van der Waals surface area (Å²) in [6.45, 7) is 0. The summed E-state index contributed by atoms with van der Waals surface area (Å²) >= 11 is 1.14. The molecule has 0 radical (unpaired) electrons. The number of nitrogens with zero attached hydrogens (tertiary/aromatic N) is 3. The Kier molecular flexibility index (Phi) is 5.40. The van der Waals surface area contributed by atoms with E-state index in [2.05, 4.69) is 10.3 Å². The summed E-state index contributed by atoms with van der Waals surface area (Å²) in [5.74, 6) is -0.151. The number of methoxy groups -OCH3 is 1. The molecule has 1 N–H and O–H groups in total. The Morgan fingerprint density at radius 3 is 2.80 bits per heavy atom. The van der Waals surface area contributed by atoms with Crippen LogP contribution in [0.1, 0.15) is 18.9 Å². The molecular weight excluding hydrogens is 408 g/mol. The van der Waals surface area contributed by atoms with Gasteiger partial charge in [0.2, 0.25) is 5.91 Å². The molecule has 0 saturated heterocycles. The minimum atomic E-state index is -0.582. The van der Waals surface area contributed by atoms with Gasteiger partial charge in [-0.3, -0.25) is 24.3 Å². The number of para-hydroxylation sites is 1. The molecule has 154 valence electrons. The Morgan fingerprint density at radius 2 is 2.10 bits per heavy atom. The highest BCUT2D eigenvalue weighted by Crippen LogP contribution is 2.37. The van der Waals surface area contributed by atoms with E-state index < -0.39 is 10.8 Å². The molecule has 1 aromatic heterocycles. The zero-order valence-corrected chi connectivity index (χ0v) is 16.8. The standard InChI is InChI=1S/C20H18N4O5S/c1-29-13-8-9-16(17(10-13)24(27)28)21-18(25)11-30-20-22-15-5-3-2-4-14(15)19(26)23(20)12-6-7-12/h2-5,8-10,12H,6-7,11H2,1H3,(H,21,25). The monoisotopic (exact) mass is 426 g/mol. The van der Waals surface area contributed by atoms with E-state index in [4.69, 9.17) is 4.74 Å². The maximum atomic E-state index is 12.9. The molecule has 1 aliphatic rings. The van der Waals surface area contributed by atoms with Gasteiger partial charge in [0.25, 0.3) is 11.2 Å². The van der Waals surface area contributed by atoms with Crippen molar-refractivity contribution in [2.24, 2.45) is 0 Å². The van der Waals surface area contributed by atoms with Crippen molar-refractivity contribution in [3.05, 3.63) is 62.9 Å². The van der Waals surface area contributed by atoms with Crippen LogP contribution in [0.2, 0.25) is 0 Å². The largest absolute Gasteiger partial charge is 0.496 e. The molecule has 0 spiro atoms. The van der Waals surface area contributed by atoms with E-state index in [1.807, 2.05) is 0 Å². The molecule has 10 heteroatoms. The van der Waals surface area contributed by atoms with Crippen LogP contribution in [-0.4, -0.2) is 33.2 Å². The molecule has 1 saturated carbocycles. The number of carbonyl (C=O) groups is 1. The van der Waals surface area contributed by atoms with Crippen molar-refractivity contribution in [2.75, 3.05) is 18.2 Å². The molecule has 2 aromatic carbocycles. The minimum absolute atomic E-state index is 0.0410. The molecule has 3 aromatic rings. The van der Waals surface area contributed by atoms with Gasteiger partial charge in [0, 0.05) is 6.04 Å². The van der Waals surface area contributed by atoms with Crippen molar-refractivity contribution in [1.82, 2.24) is 9.55 Å². The molecule has 1 aliphatic carbocycles. The van der Waals surface area contributed by atoms with Crippen LogP contribution in [-0.2, 0) is 4.79 Å². The molecule has 0 unspecified atom stereocenters. The fraction of sp³-hybridized carbons (Fsp3) is 0.250. The second-order valence-electron chi connectivity index (χ2n) is 6.79. The highest BCUT2D eigenvalue weighted by molar-refractivity contribution is 7.99. The van der Waals surface area contributed by atoms with Crippen LogP contribution >= 0.6 is 11.8 Å². The summed E-state index contributed by atoms with van der Waals surface area (Å²) < 4.78 is 6.65. The molecule has 0 aliphatic heterocycles. The summed E-state index contributed by atoms with van der Waals surface area (Å²) in [5.41, 5.74) is 0.286. The third kappa shape index (κ3) is 3.99. The van der Waals surface area contributed by atoms with Crippen LogP contribution in [0.4, 0.5) is 11.4 Å². The van der Waals surface area contributed by atoms with Crippen molar-refractivity contribution >= 4 is 39.9 Å². The number of thioether (sulfide) groups is 1. The Bertz CT molecular complexity index is 1210. The highest BCUT2D eigenvalue weighted by atomic mass is 32.2. The van der Waals surface area contributed by atoms with Crippen LogP contribution in [0, 0.1) is 10.1 Å². The summed E-state index contributed by atoms with van der Waals surface area (Å²) in [7, 11) is 1.41. The zero-order valence-electron chi connectivity index (χ0n) is 16.0. The van der Waals surface area contributed by atoms with Crippen LogP contribution < -0.4 is 15.6 Å². The van der Waals surface area contributed by atoms with Gasteiger partial charge in [-0.25, -0.2) is 4.98 Å². The van der Waals surface area contributed by atoms with Crippen molar-refractivity contribution in [1.29, 1.82) is 0 Å². The number of fused-ring (bicyclic) bond motifs is 1. The van der Waals surface area contributed by atoms with Gasteiger partial charge in [-0.2, -0.15) is 0 Å². The second kappa shape index (κ2) is 8.15. The number of amides is 1. The molecule has 4 rings (SSSR count). The third-order valence-corrected chi connectivity index (χ3v) is 5.65. The first kappa shape index (κ1) is 19.9.